The Hall–Kier alpha value is -2.21. The molecule has 0 radical (unpaired) electrons. The van der Waals surface area contributed by atoms with Gasteiger partial charge in [-0.3, -0.25) is 4.79 Å². The highest BCUT2D eigenvalue weighted by Crippen LogP contribution is 2.36. The van der Waals surface area contributed by atoms with Crippen molar-refractivity contribution in [1.82, 2.24) is 25.2 Å². The number of amides is 1. The van der Waals surface area contributed by atoms with Gasteiger partial charge in [0, 0.05) is 6.54 Å². The average molecular weight is 367 g/mol. The number of carbonyl (C=O) groups is 1. The Kier molecular flexibility index (Phi) is 5.25. The fourth-order valence-electron chi connectivity index (χ4n) is 4.46. The fraction of sp³-hybridized carbons (Fsp3) is 0.571. The van der Waals surface area contributed by atoms with Gasteiger partial charge in [-0.15, -0.1) is 5.10 Å². The van der Waals surface area contributed by atoms with E-state index in [0.29, 0.717) is 17.7 Å². The van der Waals surface area contributed by atoms with Gasteiger partial charge in [0.15, 0.2) is 5.69 Å². The summed E-state index contributed by atoms with van der Waals surface area (Å²) in [6.07, 6.45) is 6.10. The number of nitrogens with one attached hydrogen (secondary N) is 1. The molecular formula is C21H29N5O. The van der Waals surface area contributed by atoms with E-state index in [0.717, 1.165) is 45.3 Å². The Balaban J connectivity index is 1.57. The molecule has 1 aromatic carbocycles. The van der Waals surface area contributed by atoms with Gasteiger partial charge < -0.3 is 10.2 Å². The summed E-state index contributed by atoms with van der Waals surface area (Å²) in [7, 11) is 0. The Morgan fingerprint density at radius 2 is 1.89 bits per heavy atom. The van der Waals surface area contributed by atoms with Gasteiger partial charge in [0.1, 0.15) is 0 Å². The van der Waals surface area contributed by atoms with E-state index in [1.165, 1.54) is 11.1 Å². The first-order chi connectivity index (χ1) is 13.1. The molecule has 1 N–H and O–H groups in total. The summed E-state index contributed by atoms with van der Waals surface area (Å²) in [5.74, 6) is 0.442. The smallest absolute Gasteiger partial charge is 0.276 e. The molecule has 1 aromatic heterocycles. The maximum absolute atomic E-state index is 13.3. The summed E-state index contributed by atoms with van der Waals surface area (Å²) < 4.78 is 1.89. The van der Waals surface area contributed by atoms with Gasteiger partial charge in [-0.1, -0.05) is 42.0 Å². The molecule has 2 atom stereocenters. The zero-order valence-corrected chi connectivity index (χ0v) is 16.3. The number of carbonyl (C=O) groups excluding carboxylic acids is 1. The number of hydrogen-bond donors (Lipinski definition) is 1. The summed E-state index contributed by atoms with van der Waals surface area (Å²) in [5, 5.41) is 11.9. The zero-order chi connectivity index (χ0) is 18.8. The van der Waals surface area contributed by atoms with Crippen molar-refractivity contribution < 1.29 is 4.79 Å². The molecule has 2 aromatic rings. The standard InChI is InChI=1S/C21H29N5O/c1-15-5-7-17(8-6-15)20-16(2)4-3-13-25(20)21(27)19-14-26(24-23-19)18-9-11-22-12-10-18/h5-8,14,16,18,20,22H,3-4,9-13H2,1-2H3/t16-,20-/m1/s1. The van der Waals surface area contributed by atoms with Gasteiger partial charge in [0.2, 0.25) is 0 Å². The van der Waals surface area contributed by atoms with Crippen LogP contribution >= 0.6 is 0 Å². The molecule has 0 aliphatic carbocycles. The number of likely N-dealkylation sites (tertiary alicyclic amines) is 1. The number of rotatable bonds is 3. The SMILES string of the molecule is Cc1ccc([C@H]2[C@H](C)CCCN2C(=O)c2cn(C3CCNCC3)nn2)cc1. The highest BCUT2D eigenvalue weighted by molar-refractivity contribution is 5.92. The summed E-state index contributed by atoms with van der Waals surface area (Å²) in [6, 6.07) is 9.03. The highest BCUT2D eigenvalue weighted by Gasteiger charge is 2.34. The molecule has 0 saturated carbocycles. The highest BCUT2D eigenvalue weighted by atomic mass is 16.2. The molecule has 6 heteroatoms. The van der Waals surface area contributed by atoms with E-state index < -0.39 is 0 Å². The molecule has 2 saturated heterocycles. The van der Waals surface area contributed by atoms with Gasteiger partial charge in [-0.2, -0.15) is 0 Å². The van der Waals surface area contributed by atoms with Crippen LogP contribution in [-0.2, 0) is 0 Å². The van der Waals surface area contributed by atoms with Crippen molar-refractivity contribution in [3.8, 4) is 0 Å². The number of nitrogens with zero attached hydrogens (tertiary/aromatic N) is 4. The van der Waals surface area contributed by atoms with Crippen LogP contribution in [0.15, 0.2) is 30.5 Å². The quantitative estimate of drug-likeness (QED) is 0.905. The second-order valence-electron chi connectivity index (χ2n) is 8.04. The Morgan fingerprint density at radius 3 is 2.63 bits per heavy atom. The van der Waals surface area contributed by atoms with E-state index in [1.54, 1.807) is 0 Å². The van der Waals surface area contributed by atoms with Crippen LogP contribution in [0.2, 0.25) is 0 Å². The summed E-state index contributed by atoms with van der Waals surface area (Å²) >= 11 is 0. The minimum absolute atomic E-state index is 0.00677. The molecule has 0 unspecified atom stereocenters. The van der Waals surface area contributed by atoms with Crippen molar-refractivity contribution in [2.24, 2.45) is 5.92 Å². The molecule has 144 valence electrons. The Labute approximate surface area is 160 Å². The van der Waals surface area contributed by atoms with Gasteiger partial charge in [0.25, 0.3) is 5.91 Å². The van der Waals surface area contributed by atoms with Crippen LogP contribution in [-0.4, -0.2) is 45.4 Å². The van der Waals surface area contributed by atoms with Crippen LogP contribution < -0.4 is 5.32 Å². The topological polar surface area (TPSA) is 63.1 Å². The molecule has 27 heavy (non-hydrogen) atoms. The van der Waals surface area contributed by atoms with Crippen molar-refractivity contribution in [1.29, 1.82) is 0 Å². The normalized spacial score (nSPS) is 24.1. The molecular weight excluding hydrogens is 338 g/mol. The zero-order valence-electron chi connectivity index (χ0n) is 16.3. The predicted molar refractivity (Wildman–Crippen MR) is 105 cm³/mol. The van der Waals surface area contributed by atoms with Crippen molar-refractivity contribution in [2.75, 3.05) is 19.6 Å². The van der Waals surface area contributed by atoms with Crippen LogP contribution in [0.25, 0.3) is 0 Å². The lowest BCUT2D eigenvalue weighted by Gasteiger charge is -2.40. The largest absolute Gasteiger partial charge is 0.330 e. The predicted octanol–water partition coefficient (Wildman–Crippen LogP) is 3.12. The summed E-state index contributed by atoms with van der Waals surface area (Å²) in [6.45, 7) is 7.10. The van der Waals surface area contributed by atoms with Crippen LogP contribution in [0.3, 0.4) is 0 Å². The van der Waals surface area contributed by atoms with E-state index in [4.69, 9.17) is 0 Å². The first-order valence-electron chi connectivity index (χ1n) is 10.1. The molecule has 3 heterocycles. The van der Waals surface area contributed by atoms with Crippen LogP contribution in [0, 0.1) is 12.8 Å². The van der Waals surface area contributed by atoms with Gasteiger partial charge in [0.05, 0.1) is 18.3 Å². The number of piperidine rings is 2. The van der Waals surface area contributed by atoms with Gasteiger partial charge in [-0.05, 0) is 57.2 Å². The van der Waals surface area contributed by atoms with E-state index in [1.807, 2.05) is 15.8 Å². The van der Waals surface area contributed by atoms with Crippen LogP contribution in [0.5, 0.6) is 0 Å². The third kappa shape index (κ3) is 3.76. The van der Waals surface area contributed by atoms with Crippen molar-refractivity contribution >= 4 is 5.91 Å². The first kappa shape index (κ1) is 18.2. The van der Waals surface area contributed by atoms with Crippen molar-refractivity contribution in [3.05, 3.63) is 47.3 Å². The third-order valence-corrected chi connectivity index (χ3v) is 6.03. The number of aromatic nitrogens is 3. The average Bonchev–Trinajstić information content (AvgIpc) is 3.19. The lowest BCUT2D eigenvalue weighted by molar-refractivity contribution is 0.0507. The maximum atomic E-state index is 13.3. The molecule has 0 spiro atoms. The second-order valence-corrected chi connectivity index (χ2v) is 8.04. The number of hydrogen-bond acceptors (Lipinski definition) is 4. The monoisotopic (exact) mass is 367 g/mol. The summed E-state index contributed by atoms with van der Waals surface area (Å²) in [5.41, 5.74) is 2.93. The van der Waals surface area contributed by atoms with Gasteiger partial charge in [-0.25, -0.2) is 4.68 Å². The lowest BCUT2D eigenvalue weighted by atomic mass is 9.85. The molecule has 1 amide bonds. The Morgan fingerprint density at radius 1 is 1.15 bits per heavy atom. The van der Waals surface area contributed by atoms with Crippen LogP contribution in [0.4, 0.5) is 0 Å². The van der Waals surface area contributed by atoms with E-state index in [-0.39, 0.29) is 11.9 Å². The number of aryl methyl sites for hydroxylation is 1. The van der Waals surface area contributed by atoms with Crippen molar-refractivity contribution in [3.63, 3.8) is 0 Å². The molecule has 2 aliphatic rings. The van der Waals surface area contributed by atoms with E-state index >= 15 is 0 Å². The minimum atomic E-state index is 0.00677. The molecule has 4 rings (SSSR count). The summed E-state index contributed by atoms with van der Waals surface area (Å²) in [4.78, 5) is 15.3. The fourth-order valence-corrected chi connectivity index (χ4v) is 4.46. The molecule has 0 bridgehead atoms. The molecule has 2 fully saturated rings. The minimum Gasteiger partial charge on any atom is -0.330 e. The molecule has 2 aliphatic heterocycles. The van der Waals surface area contributed by atoms with Gasteiger partial charge >= 0.3 is 0 Å². The lowest BCUT2D eigenvalue weighted by Crippen LogP contribution is -2.42. The van der Waals surface area contributed by atoms with Crippen molar-refractivity contribution in [2.45, 2.75) is 51.6 Å². The second kappa shape index (κ2) is 7.80. The Bertz CT molecular complexity index is 778. The number of benzene rings is 1. The maximum Gasteiger partial charge on any atom is 0.276 e. The molecule has 6 nitrogen and oxygen atoms in total. The van der Waals surface area contributed by atoms with E-state index in [2.05, 4.69) is 53.7 Å². The van der Waals surface area contributed by atoms with Crippen LogP contribution in [0.1, 0.15) is 66.3 Å². The van der Waals surface area contributed by atoms with E-state index in [9.17, 15) is 4.79 Å². The third-order valence-electron chi connectivity index (χ3n) is 6.03. The first-order valence-corrected chi connectivity index (χ1v) is 10.1.